The molecule has 2 heterocycles. The van der Waals surface area contributed by atoms with Crippen LogP contribution in [0.3, 0.4) is 0 Å². The number of nitrogen functional groups attached to an aromatic ring is 1. The van der Waals surface area contributed by atoms with Gasteiger partial charge in [0.2, 0.25) is 0 Å². The van der Waals surface area contributed by atoms with Gasteiger partial charge in [0.05, 0.1) is 6.61 Å². The van der Waals surface area contributed by atoms with Crippen molar-refractivity contribution in [1.82, 2.24) is 4.98 Å². The Bertz CT molecular complexity index is 949. The molecule has 0 amide bonds. The van der Waals surface area contributed by atoms with E-state index in [4.69, 9.17) is 31.6 Å². The molecule has 0 spiro atoms. The average molecular weight is 353 g/mol. The molecule has 0 radical (unpaired) electrons. The summed E-state index contributed by atoms with van der Waals surface area (Å²) in [5.41, 5.74) is 13.2. The molecular formula is C18H16FN5O2. The van der Waals surface area contributed by atoms with Crippen molar-refractivity contribution in [2.24, 2.45) is 5.73 Å². The van der Waals surface area contributed by atoms with Crippen molar-refractivity contribution in [1.29, 1.82) is 10.7 Å². The van der Waals surface area contributed by atoms with Crippen molar-refractivity contribution in [2.45, 2.75) is 13.0 Å². The number of hydrogen-bond donors (Lipinski definition) is 3. The monoisotopic (exact) mass is 353 g/mol. The minimum absolute atomic E-state index is 0.0205. The first-order valence-corrected chi connectivity index (χ1v) is 7.77. The van der Waals surface area contributed by atoms with E-state index in [1.54, 1.807) is 12.1 Å². The molecular weight excluding hydrogens is 337 g/mol. The summed E-state index contributed by atoms with van der Waals surface area (Å²) < 4.78 is 24.9. The number of anilines is 1. The summed E-state index contributed by atoms with van der Waals surface area (Å²) in [6.45, 7) is 0.217. The molecule has 7 nitrogen and oxygen atoms in total. The maximum Gasteiger partial charge on any atom is 0.166 e. The lowest BCUT2D eigenvalue weighted by Gasteiger charge is -2.17. The predicted octanol–water partition coefficient (Wildman–Crippen LogP) is 2.38. The van der Waals surface area contributed by atoms with Crippen LogP contribution in [0.5, 0.6) is 11.5 Å². The maximum atomic E-state index is 13.6. The van der Waals surface area contributed by atoms with Crippen LogP contribution in [0.4, 0.5) is 10.2 Å². The molecule has 1 aromatic heterocycles. The van der Waals surface area contributed by atoms with Gasteiger partial charge in [0, 0.05) is 35.0 Å². The van der Waals surface area contributed by atoms with Crippen molar-refractivity contribution in [2.75, 3.05) is 12.3 Å². The fourth-order valence-corrected chi connectivity index (χ4v) is 2.61. The Balaban J connectivity index is 2.11. The molecule has 26 heavy (non-hydrogen) atoms. The van der Waals surface area contributed by atoms with E-state index >= 15 is 0 Å². The first kappa shape index (κ1) is 17.2. The molecule has 132 valence electrons. The Kier molecular flexibility index (Phi) is 4.71. The number of halogens is 1. The van der Waals surface area contributed by atoms with E-state index in [2.05, 4.69) is 4.98 Å². The molecule has 0 saturated heterocycles. The third-order valence-corrected chi connectivity index (χ3v) is 3.89. The van der Waals surface area contributed by atoms with Gasteiger partial charge in [-0.15, -0.1) is 0 Å². The number of nitrogens with zero attached hydrogens (tertiary/aromatic N) is 2. The number of aromatic nitrogens is 1. The van der Waals surface area contributed by atoms with Crippen molar-refractivity contribution in [3.8, 4) is 17.6 Å². The average Bonchev–Trinajstić information content (AvgIpc) is 2.62. The van der Waals surface area contributed by atoms with Crippen molar-refractivity contribution >= 4 is 17.1 Å². The van der Waals surface area contributed by atoms with Crippen molar-refractivity contribution in [3.05, 3.63) is 53.1 Å². The van der Waals surface area contributed by atoms with Crippen LogP contribution < -0.4 is 20.9 Å². The first-order chi connectivity index (χ1) is 12.5. The van der Waals surface area contributed by atoms with E-state index in [9.17, 15) is 4.39 Å². The van der Waals surface area contributed by atoms with Crippen molar-refractivity contribution in [3.63, 3.8) is 0 Å². The van der Waals surface area contributed by atoms with Gasteiger partial charge in [-0.05, 0) is 24.3 Å². The zero-order valence-electron chi connectivity index (χ0n) is 13.8. The molecule has 2 bridgehead atoms. The number of hydrogen-bond acceptors (Lipinski definition) is 7. The van der Waals surface area contributed by atoms with E-state index in [1.807, 2.05) is 0 Å². The Hall–Kier alpha value is -3.60. The molecule has 0 unspecified atom stereocenters. The van der Waals surface area contributed by atoms with Gasteiger partial charge in [0.15, 0.2) is 11.6 Å². The van der Waals surface area contributed by atoms with E-state index in [-0.39, 0.29) is 42.5 Å². The molecule has 3 rings (SSSR count). The van der Waals surface area contributed by atoms with Gasteiger partial charge in [-0.1, -0.05) is 0 Å². The number of rotatable bonds is 1. The highest BCUT2D eigenvalue weighted by Crippen LogP contribution is 2.30. The molecule has 0 aliphatic carbocycles. The molecule has 1 aliphatic rings. The lowest BCUT2D eigenvalue weighted by Crippen LogP contribution is -2.14. The summed E-state index contributed by atoms with van der Waals surface area (Å²) in [4.78, 5) is 4.06. The number of fused-ring (bicyclic) bond motifs is 3. The van der Waals surface area contributed by atoms with Crippen LogP contribution in [-0.4, -0.2) is 17.3 Å². The highest BCUT2D eigenvalue weighted by atomic mass is 19.1. The van der Waals surface area contributed by atoms with Crippen LogP contribution in [0, 0.1) is 22.6 Å². The molecule has 1 aliphatic heterocycles. The van der Waals surface area contributed by atoms with Gasteiger partial charge in [0.25, 0.3) is 0 Å². The van der Waals surface area contributed by atoms with Gasteiger partial charge in [0.1, 0.15) is 30.0 Å². The number of nitrogens with one attached hydrogen (secondary N) is 1. The maximum absolute atomic E-state index is 13.6. The van der Waals surface area contributed by atoms with Gasteiger partial charge < -0.3 is 20.9 Å². The third kappa shape index (κ3) is 3.42. The second kappa shape index (κ2) is 7.11. The molecule has 8 heteroatoms. The summed E-state index contributed by atoms with van der Waals surface area (Å²) in [7, 11) is 0. The third-order valence-electron chi connectivity index (χ3n) is 3.89. The summed E-state index contributed by atoms with van der Waals surface area (Å²) in [6, 6.07) is 7.48. The smallest absolute Gasteiger partial charge is 0.166 e. The zero-order chi connectivity index (χ0) is 18.7. The summed E-state index contributed by atoms with van der Waals surface area (Å²) in [6.07, 6.45) is 1.70. The molecule has 0 saturated carbocycles. The van der Waals surface area contributed by atoms with E-state index in [0.717, 1.165) is 0 Å². The fraction of sp³-hybridized carbons (Fsp3) is 0.167. The largest absolute Gasteiger partial charge is 0.493 e. The second-order valence-electron chi connectivity index (χ2n) is 5.63. The van der Waals surface area contributed by atoms with Crippen molar-refractivity contribution < 1.29 is 13.9 Å². The van der Waals surface area contributed by atoms with E-state index < -0.39 is 5.82 Å². The quantitative estimate of drug-likeness (QED) is 0.675. The van der Waals surface area contributed by atoms with E-state index in [0.29, 0.717) is 22.6 Å². The summed E-state index contributed by atoms with van der Waals surface area (Å²) in [5.74, 6) is 0.423. The lowest BCUT2D eigenvalue weighted by molar-refractivity contribution is 0.280. The number of ether oxygens (including phenoxy) is 2. The highest BCUT2D eigenvalue weighted by Gasteiger charge is 2.17. The first-order valence-electron chi connectivity index (χ1n) is 7.77. The van der Waals surface area contributed by atoms with Crippen LogP contribution in [0.15, 0.2) is 36.2 Å². The number of nitrogens with two attached hydrogens (primary N) is 2. The predicted molar refractivity (Wildman–Crippen MR) is 93.9 cm³/mol. The zero-order valence-corrected chi connectivity index (χ0v) is 13.8. The molecule has 0 atom stereocenters. The van der Waals surface area contributed by atoms with Gasteiger partial charge in [-0.25, -0.2) is 9.37 Å². The molecule has 5 N–H and O–H groups in total. The van der Waals surface area contributed by atoms with E-state index in [1.165, 1.54) is 24.4 Å². The minimum atomic E-state index is -0.410. The van der Waals surface area contributed by atoms with Crippen LogP contribution in [0.25, 0.3) is 5.57 Å². The minimum Gasteiger partial charge on any atom is -0.493 e. The molecule has 0 fully saturated rings. The summed E-state index contributed by atoms with van der Waals surface area (Å²) >= 11 is 0. The topological polar surface area (TPSA) is 131 Å². The van der Waals surface area contributed by atoms with Gasteiger partial charge in [-0.2, -0.15) is 5.26 Å². The number of pyridine rings is 1. The number of allylic oxidation sites excluding steroid dienone is 1. The van der Waals surface area contributed by atoms with Crippen LogP contribution in [0.2, 0.25) is 0 Å². The lowest BCUT2D eigenvalue weighted by atomic mass is 9.99. The SMILES string of the molecule is N#CC(=N)/C1=C(\N)CCOc2ccc(F)cc2COc2cc1cnc2N. The highest BCUT2D eigenvalue weighted by molar-refractivity contribution is 6.30. The van der Waals surface area contributed by atoms with Crippen LogP contribution >= 0.6 is 0 Å². The normalized spacial score (nSPS) is 16.8. The van der Waals surface area contributed by atoms with Crippen LogP contribution in [-0.2, 0) is 6.61 Å². The Labute approximate surface area is 149 Å². The van der Waals surface area contributed by atoms with Gasteiger partial charge in [-0.3, -0.25) is 5.41 Å². The number of nitriles is 1. The number of benzene rings is 1. The van der Waals surface area contributed by atoms with Gasteiger partial charge >= 0.3 is 0 Å². The second-order valence-corrected chi connectivity index (χ2v) is 5.63. The summed E-state index contributed by atoms with van der Waals surface area (Å²) in [5, 5.41) is 17.0. The fourth-order valence-electron chi connectivity index (χ4n) is 2.61. The Morgan fingerprint density at radius 1 is 1.23 bits per heavy atom. The molecule has 2 aromatic rings. The Morgan fingerprint density at radius 3 is 2.81 bits per heavy atom. The van der Waals surface area contributed by atoms with Crippen LogP contribution in [0.1, 0.15) is 17.5 Å². The standard InChI is InChI=1S/C18H16FN5O2/c19-12-1-2-15-11(5-12)9-26-16-6-10(8-24-18(16)23)17(14(22)7-20)13(21)3-4-25-15/h1-2,5-6,8,22H,3-4,9,21H2,(H2,23,24)/b17-13-,22-14?. The molecule has 1 aromatic carbocycles. The Morgan fingerprint density at radius 2 is 2.04 bits per heavy atom.